The van der Waals surface area contributed by atoms with Crippen LogP contribution >= 0.6 is 0 Å². The Morgan fingerprint density at radius 2 is 1.60 bits per heavy atom. The Hall–Kier alpha value is -4.92. The third kappa shape index (κ3) is 5.91. The summed E-state index contributed by atoms with van der Waals surface area (Å²) in [4.78, 5) is 26.9. The Bertz CT molecular complexity index is 1340. The van der Waals surface area contributed by atoms with Crippen molar-refractivity contribution in [3.63, 3.8) is 0 Å². The van der Waals surface area contributed by atoms with Crippen LogP contribution in [0.5, 0.6) is 23.0 Å². The van der Waals surface area contributed by atoms with Crippen LogP contribution in [0.4, 0.5) is 11.5 Å². The van der Waals surface area contributed by atoms with E-state index in [4.69, 9.17) is 9.47 Å². The number of aromatic hydroxyl groups is 1. The van der Waals surface area contributed by atoms with Crippen molar-refractivity contribution >= 4 is 17.4 Å². The van der Waals surface area contributed by atoms with E-state index >= 15 is 0 Å². The average Bonchev–Trinajstić information content (AvgIpc) is 2.85. The molecule has 9 heteroatoms. The third-order valence-electron chi connectivity index (χ3n) is 5.12. The lowest BCUT2D eigenvalue weighted by Gasteiger charge is -2.08. The Balaban J connectivity index is 1.32. The van der Waals surface area contributed by atoms with Crippen LogP contribution in [0.25, 0.3) is 11.1 Å². The van der Waals surface area contributed by atoms with Gasteiger partial charge in [-0.05, 0) is 53.6 Å². The van der Waals surface area contributed by atoms with E-state index in [1.807, 2.05) is 30.3 Å². The van der Waals surface area contributed by atoms with E-state index in [9.17, 15) is 20.0 Å². The maximum Gasteiger partial charge on any atom is 0.310 e. The SMILES string of the molecule is COc1ccc(-c2ccc(NC(=O)Cc3ccc(Oc4ccc([N+](=O)[O-])c(O)c4)cc3)nc2)cc1. The number of methoxy groups -OCH3 is 1. The highest BCUT2D eigenvalue weighted by atomic mass is 16.6. The van der Waals surface area contributed by atoms with Gasteiger partial charge in [0.25, 0.3) is 0 Å². The van der Waals surface area contributed by atoms with Crippen LogP contribution in [0.1, 0.15) is 5.56 Å². The molecule has 9 nitrogen and oxygen atoms in total. The minimum Gasteiger partial charge on any atom is -0.502 e. The first-order chi connectivity index (χ1) is 16.9. The number of benzene rings is 3. The Labute approximate surface area is 200 Å². The number of carbonyl (C=O) groups is 1. The number of phenolic OH excluding ortho intramolecular Hbond substituents is 1. The highest BCUT2D eigenvalue weighted by Crippen LogP contribution is 2.32. The Morgan fingerprint density at radius 1 is 0.943 bits per heavy atom. The lowest BCUT2D eigenvalue weighted by atomic mass is 10.1. The van der Waals surface area contributed by atoms with Crippen LogP contribution in [0, 0.1) is 10.1 Å². The molecule has 0 radical (unpaired) electrons. The number of ether oxygens (including phenoxy) is 2. The van der Waals surface area contributed by atoms with Gasteiger partial charge >= 0.3 is 5.69 Å². The highest BCUT2D eigenvalue weighted by molar-refractivity contribution is 5.91. The molecule has 0 bridgehead atoms. The summed E-state index contributed by atoms with van der Waals surface area (Å²) in [6.45, 7) is 0. The monoisotopic (exact) mass is 471 g/mol. The Morgan fingerprint density at radius 3 is 2.20 bits per heavy atom. The molecule has 1 heterocycles. The van der Waals surface area contributed by atoms with E-state index < -0.39 is 16.4 Å². The number of amides is 1. The van der Waals surface area contributed by atoms with Gasteiger partial charge in [0.05, 0.1) is 18.5 Å². The number of nitro groups is 1. The maximum absolute atomic E-state index is 12.4. The van der Waals surface area contributed by atoms with Gasteiger partial charge in [-0.1, -0.05) is 24.3 Å². The summed E-state index contributed by atoms with van der Waals surface area (Å²) in [5.41, 5.74) is 2.27. The molecule has 1 amide bonds. The van der Waals surface area contributed by atoms with Crippen LogP contribution in [0.2, 0.25) is 0 Å². The molecule has 0 aliphatic rings. The van der Waals surface area contributed by atoms with Crippen molar-refractivity contribution in [1.82, 2.24) is 4.98 Å². The predicted octanol–water partition coefficient (Wildman–Crippen LogP) is 5.34. The number of nitrogens with one attached hydrogen (secondary N) is 1. The second-order valence-electron chi connectivity index (χ2n) is 7.54. The molecule has 0 aliphatic carbocycles. The first kappa shape index (κ1) is 23.2. The van der Waals surface area contributed by atoms with E-state index in [1.54, 1.807) is 43.6 Å². The first-order valence-corrected chi connectivity index (χ1v) is 10.6. The van der Waals surface area contributed by atoms with Crippen LogP contribution in [-0.2, 0) is 11.2 Å². The number of nitro benzene ring substituents is 1. The van der Waals surface area contributed by atoms with Gasteiger partial charge in [-0.25, -0.2) is 4.98 Å². The van der Waals surface area contributed by atoms with Crippen molar-refractivity contribution in [3.8, 4) is 34.1 Å². The minimum atomic E-state index is -0.677. The molecule has 0 unspecified atom stereocenters. The molecule has 0 atom stereocenters. The molecular formula is C26H21N3O6. The summed E-state index contributed by atoms with van der Waals surface area (Å²) >= 11 is 0. The number of phenols is 1. The summed E-state index contributed by atoms with van der Waals surface area (Å²) < 4.78 is 10.8. The van der Waals surface area contributed by atoms with Gasteiger partial charge in [-0.2, -0.15) is 0 Å². The third-order valence-corrected chi connectivity index (χ3v) is 5.12. The fourth-order valence-corrected chi connectivity index (χ4v) is 3.33. The fraction of sp³-hybridized carbons (Fsp3) is 0.0769. The van der Waals surface area contributed by atoms with Gasteiger partial charge in [-0.15, -0.1) is 0 Å². The van der Waals surface area contributed by atoms with E-state index in [2.05, 4.69) is 10.3 Å². The van der Waals surface area contributed by atoms with Crippen LogP contribution in [0.3, 0.4) is 0 Å². The molecule has 4 aromatic rings. The van der Waals surface area contributed by atoms with E-state index in [0.29, 0.717) is 11.6 Å². The predicted molar refractivity (Wildman–Crippen MR) is 130 cm³/mol. The molecular weight excluding hydrogens is 450 g/mol. The second kappa shape index (κ2) is 10.3. The molecule has 4 rings (SSSR count). The largest absolute Gasteiger partial charge is 0.502 e. The zero-order chi connectivity index (χ0) is 24.8. The molecule has 3 aromatic carbocycles. The number of rotatable bonds is 8. The van der Waals surface area contributed by atoms with Gasteiger partial charge in [0.2, 0.25) is 5.91 Å². The van der Waals surface area contributed by atoms with Crippen molar-refractivity contribution < 1.29 is 24.3 Å². The van der Waals surface area contributed by atoms with Gasteiger partial charge in [0, 0.05) is 23.9 Å². The minimum absolute atomic E-state index is 0.139. The summed E-state index contributed by atoms with van der Waals surface area (Å²) in [6.07, 6.45) is 1.83. The number of pyridine rings is 1. The summed E-state index contributed by atoms with van der Waals surface area (Å²) in [5.74, 6) is 1.23. The van der Waals surface area contributed by atoms with Crippen LogP contribution < -0.4 is 14.8 Å². The Kier molecular flexibility index (Phi) is 6.87. The number of carbonyl (C=O) groups excluding carboxylic acids is 1. The molecule has 0 saturated carbocycles. The molecule has 1 aromatic heterocycles. The molecule has 176 valence electrons. The lowest BCUT2D eigenvalue weighted by molar-refractivity contribution is -0.385. The molecule has 2 N–H and O–H groups in total. The number of anilines is 1. The van der Waals surface area contributed by atoms with E-state index in [0.717, 1.165) is 22.4 Å². The van der Waals surface area contributed by atoms with Gasteiger partial charge < -0.3 is 19.9 Å². The first-order valence-electron chi connectivity index (χ1n) is 10.6. The molecule has 0 fully saturated rings. The number of hydrogen-bond acceptors (Lipinski definition) is 7. The maximum atomic E-state index is 12.4. The van der Waals surface area contributed by atoms with Crippen LogP contribution in [0.15, 0.2) is 85.1 Å². The number of aromatic nitrogens is 1. The summed E-state index contributed by atoms with van der Waals surface area (Å²) in [6, 6.07) is 21.8. The van der Waals surface area contributed by atoms with E-state index in [-0.39, 0.29) is 18.1 Å². The molecule has 0 aliphatic heterocycles. The standard InChI is InChI=1S/C26H21N3O6/c1-34-20-9-4-18(5-10-20)19-6-13-25(27-16-19)28-26(31)14-17-2-7-21(8-3-17)35-22-11-12-23(29(32)33)24(30)15-22/h2-13,15-16,30H,14H2,1H3,(H,27,28,31). The number of nitrogens with zero attached hydrogens (tertiary/aromatic N) is 2. The van der Waals surface area contributed by atoms with Crippen molar-refractivity contribution in [3.05, 3.63) is 101 Å². The van der Waals surface area contributed by atoms with Crippen molar-refractivity contribution in [2.75, 3.05) is 12.4 Å². The normalized spacial score (nSPS) is 10.4. The zero-order valence-corrected chi connectivity index (χ0v) is 18.7. The summed E-state index contributed by atoms with van der Waals surface area (Å²) in [7, 11) is 1.62. The topological polar surface area (TPSA) is 124 Å². The highest BCUT2D eigenvalue weighted by Gasteiger charge is 2.14. The zero-order valence-electron chi connectivity index (χ0n) is 18.7. The quantitative estimate of drug-likeness (QED) is 0.262. The summed E-state index contributed by atoms with van der Waals surface area (Å²) in [5, 5.41) is 23.3. The average molecular weight is 471 g/mol. The smallest absolute Gasteiger partial charge is 0.310 e. The van der Waals surface area contributed by atoms with Crippen LogP contribution in [-0.4, -0.2) is 28.0 Å². The lowest BCUT2D eigenvalue weighted by Crippen LogP contribution is -2.15. The molecule has 0 saturated heterocycles. The number of hydrogen-bond donors (Lipinski definition) is 2. The van der Waals surface area contributed by atoms with Crippen molar-refractivity contribution in [2.45, 2.75) is 6.42 Å². The molecule has 35 heavy (non-hydrogen) atoms. The van der Waals surface area contributed by atoms with Crippen molar-refractivity contribution in [2.24, 2.45) is 0 Å². The van der Waals surface area contributed by atoms with Gasteiger partial charge in [0.15, 0.2) is 5.75 Å². The molecule has 0 spiro atoms. The van der Waals surface area contributed by atoms with E-state index in [1.165, 1.54) is 18.2 Å². The van der Waals surface area contributed by atoms with Gasteiger partial charge in [-0.3, -0.25) is 14.9 Å². The van der Waals surface area contributed by atoms with Gasteiger partial charge in [0.1, 0.15) is 23.1 Å². The second-order valence-corrected chi connectivity index (χ2v) is 7.54. The fourth-order valence-electron chi connectivity index (χ4n) is 3.33. The van der Waals surface area contributed by atoms with Crippen molar-refractivity contribution in [1.29, 1.82) is 0 Å².